The summed E-state index contributed by atoms with van der Waals surface area (Å²) in [6, 6.07) is 1.16. The Balaban J connectivity index is 3.34. The smallest absolute Gasteiger partial charge is 0.333 e. The van der Waals surface area contributed by atoms with Crippen molar-refractivity contribution in [3.05, 3.63) is 28.3 Å². The highest BCUT2D eigenvalue weighted by molar-refractivity contribution is 5.94. The molecule has 8 N–H and O–H groups in total. The minimum absolute atomic E-state index is 0.0409. The van der Waals surface area contributed by atoms with E-state index in [4.69, 9.17) is 23.2 Å². The first-order valence-corrected chi connectivity index (χ1v) is 4.72. The first kappa shape index (κ1) is 14.1. The average molecular weight is 269 g/mol. The number of amides is 4. The molecule has 0 aromatic heterocycles. The number of nitrogens with two attached hydrogens (primary N) is 4. The number of benzene rings is 1. The number of carbonyl (C=O) groups is 2. The normalized spacial score (nSPS) is 9.79. The minimum Gasteiger partial charge on any atom is -0.350 e. The van der Waals surface area contributed by atoms with E-state index in [1.807, 2.05) is 0 Å². The lowest BCUT2D eigenvalue weighted by Gasteiger charge is -2.17. The zero-order valence-corrected chi connectivity index (χ0v) is 9.52. The number of primary amides is 2. The van der Waals surface area contributed by atoms with Crippen LogP contribution in [-0.2, 0) is 0 Å². The van der Waals surface area contributed by atoms with Crippen LogP contribution in [0.15, 0.2) is 18.2 Å². The highest BCUT2D eigenvalue weighted by Gasteiger charge is 2.23. The first-order valence-electron chi connectivity index (χ1n) is 4.72. The SMILES string of the molecule is NC(=O)N(N)c1ccc(N(N)C(N)=O)c([N+](=O)[O-])c1. The molecule has 0 aliphatic rings. The van der Waals surface area contributed by atoms with Gasteiger partial charge in [0, 0.05) is 6.07 Å². The van der Waals surface area contributed by atoms with Crippen molar-refractivity contribution in [2.24, 2.45) is 23.2 Å². The molecule has 1 aromatic carbocycles. The van der Waals surface area contributed by atoms with E-state index >= 15 is 0 Å². The molecule has 0 atom stereocenters. The van der Waals surface area contributed by atoms with E-state index < -0.39 is 22.7 Å². The van der Waals surface area contributed by atoms with Crippen molar-refractivity contribution in [3.8, 4) is 0 Å². The van der Waals surface area contributed by atoms with Crippen molar-refractivity contribution in [2.45, 2.75) is 0 Å². The minimum atomic E-state index is -1.09. The van der Waals surface area contributed by atoms with Crippen molar-refractivity contribution in [1.29, 1.82) is 0 Å². The van der Waals surface area contributed by atoms with Gasteiger partial charge in [0.05, 0.1) is 10.6 Å². The first-order chi connectivity index (χ1) is 8.75. The van der Waals surface area contributed by atoms with E-state index in [0.717, 1.165) is 12.1 Å². The maximum Gasteiger partial charge on any atom is 0.333 e. The molecule has 0 saturated carbocycles. The molecule has 0 heterocycles. The van der Waals surface area contributed by atoms with Crippen molar-refractivity contribution >= 4 is 29.1 Å². The molecule has 1 rings (SSSR count). The third-order valence-corrected chi connectivity index (χ3v) is 2.17. The predicted octanol–water partition coefficient (Wildman–Crippen LogP) is -0.888. The van der Waals surface area contributed by atoms with Gasteiger partial charge in [-0.1, -0.05) is 0 Å². The number of urea groups is 2. The Bertz CT molecular complexity index is 546. The summed E-state index contributed by atoms with van der Waals surface area (Å²) in [6.07, 6.45) is 0. The Morgan fingerprint density at radius 3 is 2.05 bits per heavy atom. The lowest BCUT2D eigenvalue weighted by atomic mass is 10.2. The summed E-state index contributed by atoms with van der Waals surface area (Å²) in [6.45, 7) is 0. The summed E-state index contributed by atoms with van der Waals surface area (Å²) in [7, 11) is 0. The third-order valence-electron chi connectivity index (χ3n) is 2.17. The van der Waals surface area contributed by atoms with Crippen LogP contribution in [0, 0.1) is 10.1 Å². The van der Waals surface area contributed by atoms with Crippen molar-refractivity contribution in [1.82, 2.24) is 0 Å². The number of hydrazine groups is 2. The van der Waals surface area contributed by atoms with Gasteiger partial charge in [0.15, 0.2) is 0 Å². The van der Waals surface area contributed by atoms with E-state index in [-0.39, 0.29) is 11.4 Å². The van der Waals surface area contributed by atoms with Gasteiger partial charge in [-0.05, 0) is 12.1 Å². The van der Waals surface area contributed by atoms with E-state index in [1.54, 1.807) is 0 Å². The molecule has 0 saturated heterocycles. The molecular weight excluding hydrogens is 258 g/mol. The summed E-state index contributed by atoms with van der Waals surface area (Å²) in [4.78, 5) is 31.8. The van der Waals surface area contributed by atoms with Crippen molar-refractivity contribution in [2.75, 3.05) is 10.0 Å². The second-order valence-electron chi connectivity index (χ2n) is 3.35. The number of nitro groups is 1. The second kappa shape index (κ2) is 5.16. The molecule has 0 bridgehead atoms. The van der Waals surface area contributed by atoms with E-state index in [0.29, 0.717) is 10.0 Å². The van der Waals surface area contributed by atoms with E-state index in [1.165, 1.54) is 6.07 Å². The van der Waals surface area contributed by atoms with Crippen LogP contribution in [0.3, 0.4) is 0 Å². The largest absolute Gasteiger partial charge is 0.350 e. The standard InChI is InChI=1S/C8H11N7O4/c9-7(16)13(11)4-1-2-5(14(12)8(10)17)6(3-4)15(18)19/h1-3H,11-12H2,(H2,9,16)(H2,10,17). The zero-order valence-electron chi connectivity index (χ0n) is 9.52. The zero-order chi connectivity index (χ0) is 14.7. The lowest BCUT2D eigenvalue weighted by Crippen LogP contribution is -2.43. The van der Waals surface area contributed by atoms with Gasteiger partial charge in [-0.15, -0.1) is 0 Å². The molecule has 4 amide bonds. The Kier molecular flexibility index (Phi) is 3.84. The lowest BCUT2D eigenvalue weighted by molar-refractivity contribution is -0.384. The van der Waals surface area contributed by atoms with Crippen LogP contribution in [0.25, 0.3) is 0 Å². The van der Waals surface area contributed by atoms with Crippen molar-refractivity contribution < 1.29 is 14.5 Å². The Hall–Kier alpha value is -2.92. The molecule has 1 aromatic rings. The molecule has 11 heteroatoms. The molecule has 19 heavy (non-hydrogen) atoms. The average Bonchev–Trinajstić information content (AvgIpc) is 2.35. The van der Waals surface area contributed by atoms with Gasteiger partial charge in [-0.3, -0.25) is 10.1 Å². The third kappa shape index (κ3) is 2.85. The Labute approximate surface area is 106 Å². The van der Waals surface area contributed by atoms with Crippen molar-refractivity contribution in [3.63, 3.8) is 0 Å². The number of carbonyl (C=O) groups excluding carboxylic acids is 2. The van der Waals surface area contributed by atoms with Crippen LogP contribution in [0.2, 0.25) is 0 Å². The summed E-state index contributed by atoms with van der Waals surface area (Å²) in [5.41, 5.74) is 8.99. The van der Waals surface area contributed by atoms with Gasteiger partial charge >= 0.3 is 12.1 Å². The maximum atomic E-state index is 10.9. The summed E-state index contributed by atoms with van der Waals surface area (Å²) in [5.74, 6) is 10.6. The Morgan fingerprint density at radius 2 is 1.63 bits per heavy atom. The van der Waals surface area contributed by atoms with Gasteiger partial charge in [0.25, 0.3) is 5.69 Å². The van der Waals surface area contributed by atoms with Gasteiger partial charge in [-0.25, -0.2) is 31.3 Å². The molecule has 0 unspecified atom stereocenters. The number of nitro benzene ring substituents is 1. The number of nitrogens with zero attached hydrogens (tertiary/aromatic N) is 3. The topological polar surface area (TPSA) is 188 Å². The summed E-state index contributed by atoms with van der Waals surface area (Å²) < 4.78 is 0. The number of hydrogen-bond acceptors (Lipinski definition) is 6. The molecule has 0 radical (unpaired) electrons. The molecule has 11 nitrogen and oxygen atoms in total. The van der Waals surface area contributed by atoms with Crippen LogP contribution in [0.1, 0.15) is 0 Å². The van der Waals surface area contributed by atoms with E-state index in [2.05, 4.69) is 0 Å². The molecule has 0 aliphatic heterocycles. The van der Waals surface area contributed by atoms with Gasteiger partial charge in [0.1, 0.15) is 5.69 Å². The van der Waals surface area contributed by atoms with Crippen LogP contribution in [0.4, 0.5) is 26.7 Å². The van der Waals surface area contributed by atoms with Crippen LogP contribution >= 0.6 is 0 Å². The summed E-state index contributed by atoms with van der Waals surface area (Å²) >= 11 is 0. The van der Waals surface area contributed by atoms with Crippen LogP contribution in [0.5, 0.6) is 0 Å². The molecule has 0 spiro atoms. The van der Waals surface area contributed by atoms with Gasteiger partial charge in [0.2, 0.25) is 0 Å². The Morgan fingerprint density at radius 1 is 1.11 bits per heavy atom. The highest BCUT2D eigenvalue weighted by atomic mass is 16.6. The second-order valence-corrected chi connectivity index (χ2v) is 3.35. The molecule has 0 fully saturated rings. The fourth-order valence-electron chi connectivity index (χ4n) is 1.26. The molecular formula is C8H11N7O4. The maximum absolute atomic E-state index is 10.9. The predicted molar refractivity (Wildman–Crippen MR) is 65.6 cm³/mol. The number of rotatable bonds is 3. The monoisotopic (exact) mass is 269 g/mol. The highest BCUT2D eigenvalue weighted by Crippen LogP contribution is 2.30. The van der Waals surface area contributed by atoms with Gasteiger partial charge < -0.3 is 11.5 Å². The van der Waals surface area contributed by atoms with Crippen LogP contribution < -0.4 is 33.2 Å². The quantitative estimate of drug-likeness (QED) is 0.238. The van der Waals surface area contributed by atoms with Crippen LogP contribution in [-0.4, -0.2) is 17.0 Å². The summed E-state index contributed by atoms with van der Waals surface area (Å²) in [5, 5.41) is 11.8. The number of anilines is 2. The molecule has 0 aliphatic carbocycles. The van der Waals surface area contributed by atoms with E-state index in [9.17, 15) is 19.7 Å². The molecule has 102 valence electrons. The fraction of sp³-hybridized carbons (Fsp3) is 0. The fourth-order valence-corrected chi connectivity index (χ4v) is 1.26. The number of hydrogen-bond donors (Lipinski definition) is 4. The van der Waals surface area contributed by atoms with Gasteiger partial charge in [-0.2, -0.15) is 0 Å².